The van der Waals surface area contributed by atoms with Gasteiger partial charge in [-0.1, -0.05) is 0 Å². The fourth-order valence-corrected chi connectivity index (χ4v) is 6.35. The number of carbonyl (C=O) groups is 1. The summed E-state index contributed by atoms with van der Waals surface area (Å²) < 4.78 is 1.59. The fourth-order valence-electron chi connectivity index (χ4n) is 5.66. The van der Waals surface area contributed by atoms with E-state index in [0.717, 1.165) is 43.5 Å². The van der Waals surface area contributed by atoms with Gasteiger partial charge in [-0.3, -0.25) is 4.79 Å². The summed E-state index contributed by atoms with van der Waals surface area (Å²) in [6, 6.07) is 7.58. The molecule has 130 valence electrons. The third kappa shape index (κ3) is 2.54. The zero-order valence-electron chi connectivity index (χ0n) is 13.9. The highest BCUT2D eigenvalue weighted by atomic mass is 35.5. The lowest BCUT2D eigenvalue weighted by Gasteiger charge is -2.59. The minimum atomic E-state index is -0.277. The molecule has 0 saturated heterocycles. The van der Waals surface area contributed by atoms with Crippen molar-refractivity contribution < 1.29 is 4.79 Å². The molecule has 4 aliphatic carbocycles. The van der Waals surface area contributed by atoms with E-state index in [0.29, 0.717) is 11.8 Å². The van der Waals surface area contributed by atoms with Crippen molar-refractivity contribution in [2.75, 3.05) is 5.32 Å². The first kappa shape index (κ1) is 15.3. The number of hydrogen-bond acceptors (Lipinski definition) is 4. The van der Waals surface area contributed by atoms with Gasteiger partial charge in [0.25, 0.3) is 0 Å². The van der Waals surface area contributed by atoms with Crippen LogP contribution >= 0.6 is 11.6 Å². The molecule has 0 aliphatic heterocycles. The molecule has 2 aromatic rings. The van der Waals surface area contributed by atoms with Crippen LogP contribution in [0.2, 0.25) is 0 Å². The van der Waals surface area contributed by atoms with Crippen molar-refractivity contribution in [3.05, 3.63) is 30.6 Å². The SMILES string of the molecule is O=C(Nc1ccc(-n2cnnn2)cc1)C12CC3CC(CC(Cl)(C3)C1)C2. The number of amides is 1. The van der Waals surface area contributed by atoms with Gasteiger partial charge in [-0.05, 0) is 85.1 Å². The number of hydrogen-bond donors (Lipinski definition) is 1. The first-order valence-electron chi connectivity index (χ1n) is 8.88. The Morgan fingerprint density at radius 2 is 1.88 bits per heavy atom. The lowest BCUT2D eigenvalue weighted by Crippen LogP contribution is -2.57. The van der Waals surface area contributed by atoms with E-state index in [2.05, 4.69) is 20.8 Å². The summed E-state index contributed by atoms with van der Waals surface area (Å²) in [5, 5.41) is 14.3. The van der Waals surface area contributed by atoms with Crippen molar-refractivity contribution in [2.45, 2.75) is 43.4 Å². The molecule has 7 heteroatoms. The van der Waals surface area contributed by atoms with Crippen LogP contribution in [0.15, 0.2) is 30.6 Å². The summed E-state index contributed by atoms with van der Waals surface area (Å²) in [7, 11) is 0. The Balaban J connectivity index is 1.35. The van der Waals surface area contributed by atoms with E-state index in [4.69, 9.17) is 11.6 Å². The van der Waals surface area contributed by atoms with Gasteiger partial charge in [-0.2, -0.15) is 0 Å². The third-order valence-electron chi connectivity index (χ3n) is 6.21. The van der Waals surface area contributed by atoms with Gasteiger partial charge in [-0.15, -0.1) is 16.7 Å². The van der Waals surface area contributed by atoms with Gasteiger partial charge in [0.1, 0.15) is 6.33 Å². The van der Waals surface area contributed by atoms with Crippen LogP contribution in [0.25, 0.3) is 5.69 Å². The zero-order chi connectivity index (χ0) is 17.1. The van der Waals surface area contributed by atoms with Crippen molar-refractivity contribution in [2.24, 2.45) is 17.3 Å². The van der Waals surface area contributed by atoms with Gasteiger partial charge >= 0.3 is 0 Å². The Morgan fingerprint density at radius 3 is 2.48 bits per heavy atom. The molecule has 0 spiro atoms. The van der Waals surface area contributed by atoms with Gasteiger partial charge in [0.15, 0.2) is 0 Å². The quantitative estimate of drug-likeness (QED) is 0.856. The molecule has 0 radical (unpaired) electrons. The molecule has 1 heterocycles. The molecule has 1 aromatic heterocycles. The molecule has 1 amide bonds. The molecular weight excluding hydrogens is 338 g/mol. The summed E-state index contributed by atoms with van der Waals surface area (Å²) in [5.41, 5.74) is 1.39. The molecule has 1 aromatic carbocycles. The standard InChI is InChI=1S/C18H20ClN5O/c19-18-8-12-5-13(9-18)7-17(6-12,10-18)16(25)21-14-1-3-15(4-2-14)24-11-20-22-23-24/h1-4,11-13H,5-10H2,(H,21,25). The van der Waals surface area contributed by atoms with Crippen molar-refractivity contribution in [3.8, 4) is 5.69 Å². The van der Waals surface area contributed by atoms with Crippen LogP contribution in [0.4, 0.5) is 5.69 Å². The van der Waals surface area contributed by atoms with Crippen LogP contribution in [0.3, 0.4) is 0 Å². The Bertz CT molecular complexity index is 789. The number of nitrogens with one attached hydrogen (secondary N) is 1. The molecule has 4 saturated carbocycles. The van der Waals surface area contributed by atoms with Crippen molar-refractivity contribution in [1.29, 1.82) is 0 Å². The van der Waals surface area contributed by atoms with E-state index >= 15 is 0 Å². The highest BCUT2D eigenvalue weighted by molar-refractivity contribution is 6.24. The molecule has 25 heavy (non-hydrogen) atoms. The maximum Gasteiger partial charge on any atom is 0.230 e. The second-order valence-corrected chi connectivity index (χ2v) is 8.95. The fraction of sp³-hybridized carbons (Fsp3) is 0.556. The number of aromatic nitrogens is 4. The summed E-state index contributed by atoms with van der Waals surface area (Å²) in [4.78, 5) is 13.0. The zero-order valence-corrected chi connectivity index (χ0v) is 14.6. The number of rotatable bonds is 3. The number of halogens is 1. The summed E-state index contributed by atoms with van der Waals surface area (Å²) in [6.45, 7) is 0. The minimum Gasteiger partial charge on any atom is -0.326 e. The molecule has 4 fully saturated rings. The topological polar surface area (TPSA) is 72.7 Å². The average molecular weight is 358 g/mol. The molecule has 4 aliphatic rings. The Morgan fingerprint density at radius 1 is 1.16 bits per heavy atom. The monoisotopic (exact) mass is 357 g/mol. The summed E-state index contributed by atoms with van der Waals surface area (Å²) in [6.07, 6.45) is 7.77. The Hall–Kier alpha value is -1.95. The molecule has 6 nitrogen and oxygen atoms in total. The molecule has 2 unspecified atom stereocenters. The number of tetrazole rings is 1. The molecular formula is C18H20ClN5O. The second kappa shape index (κ2) is 5.27. The maximum absolute atomic E-state index is 13.1. The summed E-state index contributed by atoms with van der Waals surface area (Å²) >= 11 is 6.84. The average Bonchev–Trinajstić information content (AvgIpc) is 3.07. The van der Waals surface area contributed by atoms with E-state index in [-0.39, 0.29) is 16.2 Å². The lowest BCUT2D eigenvalue weighted by molar-refractivity contribution is -0.138. The molecule has 2 atom stereocenters. The highest BCUT2D eigenvalue weighted by Crippen LogP contribution is 2.64. The maximum atomic E-state index is 13.1. The minimum absolute atomic E-state index is 0.141. The summed E-state index contributed by atoms with van der Waals surface area (Å²) in [5.74, 6) is 1.38. The molecule has 1 N–H and O–H groups in total. The van der Waals surface area contributed by atoms with Crippen LogP contribution in [0.1, 0.15) is 38.5 Å². The van der Waals surface area contributed by atoms with Crippen LogP contribution in [0, 0.1) is 17.3 Å². The normalized spacial score (nSPS) is 35.7. The largest absolute Gasteiger partial charge is 0.326 e. The number of anilines is 1. The predicted molar refractivity (Wildman–Crippen MR) is 93.5 cm³/mol. The molecule has 6 rings (SSSR count). The van der Waals surface area contributed by atoms with E-state index in [1.165, 1.54) is 6.42 Å². The Kier molecular flexibility index (Phi) is 3.23. The van der Waals surface area contributed by atoms with Crippen molar-refractivity contribution >= 4 is 23.2 Å². The van der Waals surface area contributed by atoms with Crippen LogP contribution in [0.5, 0.6) is 0 Å². The van der Waals surface area contributed by atoms with Crippen LogP contribution in [-0.2, 0) is 4.79 Å². The van der Waals surface area contributed by atoms with Gasteiger partial charge in [0.05, 0.1) is 11.1 Å². The van der Waals surface area contributed by atoms with Crippen molar-refractivity contribution in [3.63, 3.8) is 0 Å². The lowest BCUT2D eigenvalue weighted by atomic mass is 9.49. The van der Waals surface area contributed by atoms with Gasteiger partial charge in [-0.25, -0.2) is 4.68 Å². The first-order chi connectivity index (χ1) is 12.0. The number of nitrogens with zero attached hydrogens (tertiary/aromatic N) is 4. The number of carbonyl (C=O) groups excluding carboxylic acids is 1. The van der Waals surface area contributed by atoms with E-state index in [1.807, 2.05) is 24.3 Å². The highest BCUT2D eigenvalue weighted by Gasteiger charge is 2.60. The van der Waals surface area contributed by atoms with E-state index in [1.54, 1.807) is 11.0 Å². The number of alkyl halides is 1. The van der Waals surface area contributed by atoms with Gasteiger partial charge in [0.2, 0.25) is 5.91 Å². The van der Waals surface area contributed by atoms with Crippen LogP contribution < -0.4 is 5.32 Å². The number of benzene rings is 1. The molecule has 4 bridgehead atoms. The van der Waals surface area contributed by atoms with E-state index in [9.17, 15) is 4.79 Å². The third-order valence-corrected chi connectivity index (χ3v) is 6.65. The first-order valence-corrected chi connectivity index (χ1v) is 9.25. The van der Waals surface area contributed by atoms with Gasteiger partial charge in [0, 0.05) is 10.6 Å². The predicted octanol–water partition coefficient (Wildman–Crippen LogP) is 3.18. The van der Waals surface area contributed by atoms with Crippen molar-refractivity contribution in [1.82, 2.24) is 20.2 Å². The van der Waals surface area contributed by atoms with E-state index < -0.39 is 0 Å². The van der Waals surface area contributed by atoms with Crippen LogP contribution in [-0.4, -0.2) is 31.0 Å². The Labute approximate surface area is 150 Å². The second-order valence-electron chi connectivity index (χ2n) is 8.15. The van der Waals surface area contributed by atoms with Gasteiger partial charge < -0.3 is 5.32 Å². The smallest absolute Gasteiger partial charge is 0.230 e.